The molecule has 0 unspecified atom stereocenters. The van der Waals surface area contributed by atoms with Gasteiger partial charge in [-0.15, -0.1) is 0 Å². The van der Waals surface area contributed by atoms with Crippen molar-refractivity contribution in [2.24, 2.45) is 0 Å². The Bertz CT molecular complexity index is 474. The SMILES string of the molecule is O=C(O)CCCc1ccccc1N1CCNC(=O)C1. The predicted octanol–water partition coefficient (Wildman–Crippen LogP) is 1.03. The number of piperazine rings is 1. The molecular weight excluding hydrogens is 244 g/mol. The predicted molar refractivity (Wildman–Crippen MR) is 72.2 cm³/mol. The molecule has 0 saturated carbocycles. The average molecular weight is 262 g/mol. The summed E-state index contributed by atoms with van der Waals surface area (Å²) in [6, 6.07) is 7.89. The van der Waals surface area contributed by atoms with Gasteiger partial charge < -0.3 is 15.3 Å². The van der Waals surface area contributed by atoms with Crippen LogP contribution in [0.15, 0.2) is 24.3 Å². The third kappa shape index (κ3) is 3.71. The summed E-state index contributed by atoms with van der Waals surface area (Å²) in [5, 5.41) is 11.5. The first-order chi connectivity index (χ1) is 9.16. The molecule has 2 rings (SSSR count). The fourth-order valence-corrected chi connectivity index (χ4v) is 2.31. The number of nitrogens with one attached hydrogen (secondary N) is 1. The highest BCUT2D eigenvalue weighted by molar-refractivity contribution is 5.83. The monoisotopic (exact) mass is 262 g/mol. The molecule has 19 heavy (non-hydrogen) atoms. The third-order valence-electron chi connectivity index (χ3n) is 3.21. The van der Waals surface area contributed by atoms with Crippen LogP contribution in [0.1, 0.15) is 18.4 Å². The second-order valence-electron chi connectivity index (χ2n) is 4.65. The summed E-state index contributed by atoms with van der Waals surface area (Å²) >= 11 is 0. The van der Waals surface area contributed by atoms with E-state index in [4.69, 9.17) is 5.11 Å². The standard InChI is InChI=1S/C14H18N2O3/c17-13-10-16(9-8-15-13)12-6-2-1-4-11(12)5-3-7-14(18)19/h1-2,4,6H,3,5,7-10H2,(H,15,17)(H,18,19). The van der Waals surface area contributed by atoms with Gasteiger partial charge in [0.15, 0.2) is 0 Å². The van der Waals surface area contributed by atoms with Crippen LogP contribution >= 0.6 is 0 Å². The summed E-state index contributed by atoms with van der Waals surface area (Å²) in [5.74, 6) is -0.735. The molecule has 1 fully saturated rings. The lowest BCUT2D eigenvalue weighted by atomic mass is 10.0. The maximum Gasteiger partial charge on any atom is 0.303 e. The molecule has 1 heterocycles. The maximum absolute atomic E-state index is 11.4. The Balaban J connectivity index is 2.06. The van der Waals surface area contributed by atoms with Gasteiger partial charge in [0, 0.05) is 25.2 Å². The van der Waals surface area contributed by atoms with E-state index in [2.05, 4.69) is 10.2 Å². The lowest BCUT2D eigenvalue weighted by Gasteiger charge is -2.30. The van der Waals surface area contributed by atoms with Gasteiger partial charge in [-0.2, -0.15) is 0 Å². The molecule has 0 atom stereocenters. The first-order valence-electron chi connectivity index (χ1n) is 6.48. The minimum Gasteiger partial charge on any atom is -0.481 e. The minimum atomic E-state index is -0.769. The summed E-state index contributed by atoms with van der Waals surface area (Å²) in [6.07, 6.45) is 1.52. The summed E-state index contributed by atoms with van der Waals surface area (Å²) in [5.41, 5.74) is 2.15. The van der Waals surface area contributed by atoms with Gasteiger partial charge in [0.25, 0.3) is 0 Å². The van der Waals surface area contributed by atoms with Crippen LogP contribution in [-0.2, 0) is 16.0 Å². The zero-order chi connectivity index (χ0) is 13.7. The Hall–Kier alpha value is -2.04. The normalized spacial score (nSPS) is 15.2. The molecule has 1 amide bonds. The number of carbonyl (C=O) groups is 2. The topological polar surface area (TPSA) is 69.6 Å². The Labute approximate surface area is 112 Å². The van der Waals surface area contributed by atoms with Crippen molar-refractivity contribution in [3.63, 3.8) is 0 Å². The summed E-state index contributed by atoms with van der Waals surface area (Å²) in [4.78, 5) is 24.0. The van der Waals surface area contributed by atoms with E-state index in [1.54, 1.807) is 0 Å². The first kappa shape index (κ1) is 13.4. The molecule has 5 heteroatoms. The van der Waals surface area contributed by atoms with Crippen molar-refractivity contribution in [1.82, 2.24) is 5.32 Å². The number of carbonyl (C=O) groups excluding carboxylic acids is 1. The number of nitrogens with zero attached hydrogens (tertiary/aromatic N) is 1. The van der Waals surface area contributed by atoms with Gasteiger partial charge in [0.2, 0.25) is 5.91 Å². The van der Waals surface area contributed by atoms with E-state index in [0.29, 0.717) is 19.5 Å². The number of hydrogen-bond donors (Lipinski definition) is 2. The molecule has 102 valence electrons. The van der Waals surface area contributed by atoms with Crippen molar-refractivity contribution < 1.29 is 14.7 Å². The van der Waals surface area contributed by atoms with E-state index in [1.807, 2.05) is 24.3 Å². The van der Waals surface area contributed by atoms with Gasteiger partial charge >= 0.3 is 5.97 Å². The molecule has 0 aromatic heterocycles. The van der Waals surface area contributed by atoms with Crippen LogP contribution in [-0.4, -0.2) is 36.6 Å². The van der Waals surface area contributed by atoms with Crippen LogP contribution < -0.4 is 10.2 Å². The van der Waals surface area contributed by atoms with Crippen LogP contribution in [0.3, 0.4) is 0 Å². The van der Waals surface area contributed by atoms with Crippen LogP contribution in [0.2, 0.25) is 0 Å². The highest BCUT2D eigenvalue weighted by Gasteiger charge is 2.18. The lowest BCUT2D eigenvalue weighted by molar-refractivity contribution is -0.137. The average Bonchev–Trinajstić information content (AvgIpc) is 2.39. The number of aliphatic carboxylic acids is 1. The Morgan fingerprint density at radius 3 is 2.89 bits per heavy atom. The second kappa shape index (κ2) is 6.22. The van der Waals surface area contributed by atoms with Crippen LogP contribution in [0.25, 0.3) is 0 Å². The van der Waals surface area contributed by atoms with E-state index in [0.717, 1.165) is 24.2 Å². The van der Waals surface area contributed by atoms with E-state index in [1.165, 1.54) is 0 Å². The zero-order valence-electron chi connectivity index (χ0n) is 10.8. The minimum absolute atomic E-state index is 0.0339. The number of benzene rings is 1. The van der Waals surface area contributed by atoms with E-state index >= 15 is 0 Å². The van der Waals surface area contributed by atoms with Crippen LogP contribution in [0.4, 0.5) is 5.69 Å². The molecule has 1 aliphatic rings. The lowest BCUT2D eigenvalue weighted by Crippen LogP contribution is -2.48. The van der Waals surface area contributed by atoms with Gasteiger partial charge in [-0.05, 0) is 24.5 Å². The number of para-hydroxylation sites is 1. The molecule has 0 radical (unpaired) electrons. The highest BCUT2D eigenvalue weighted by Crippen LogP contribution is 2.22. The van der Waals surface area contributed by atoms with Crippen molar-refractivity contribution in [2.75, 3.05) is 24.5 Å². The van der Waals surface area contributed by atoms with Crippen molar-refractivity contribution in [1.29, 1.82) is 0 Å². The van der Waals surface area contributed by atoms with Crippen molar-refractivity contribution in [2.45, 2.75) is 19.3 Å². The maximum atomic E-state index is 11.4. The van der Waals surface area contributed by atoms with Gasteiger partial charge in [0.05, 0.1) is 6.54 Å². The van der Waals surface area contributed by atoms with E-state index in [-0.39, 0.29) is 12.3 Å². The molecular formula is C14H18N2O3. The number of amides is 1. The molecule has 5 nitrogen and oxygen atoms in total. The van der Waals surface area contributed by atoms with Crippen molar-refractivity contribution in [3.05, 3.63) is 29.8 Å². The van der Waals surface area contributed by atoms with Crippen molar-refractivity contribution >= 4 is 17.6 Å². The van der Waals surface area contributed by atoms with Gasteiger partial charge in [-0.1, -0.05) is 18.2 Å². The summed E-state index contributed by atoms with van der Waals surface area (Å²) in [6.45, 7) is 1.82. The zero-order valence-corrected chi connectivity index (χ0v) is 10.8. The number of anilines is 1. The third-order valence-corrected chi connectivity index (χ3v) is 3.21. The number of hydrogen-bond acceptors (Lipinski definition) is 3. The smallest absolute Gasteiger partial charge is 0.303 e. The summed E-state index contributed by atoms with van der Waals surface area (Å²) < 4.78 is 0. The Morgan fingerprint density at radius 1 is 1.37 bits per heavy atom. The van der Waals surface area contributed by atoms with Gasteiger partial charge in [-0.25, -0.2) is 0 Å². The first-order valence-corrected chi connectivity index (χ1v) is 6.48. The molecule has 1 aromatic rings. The number of aryl methyl sites for hydroxylation is 1. The van der Waals surface area contributed by atoms with Crippen LogP contribution in [0.5, 0.6) is 0 Å². The van der Waals surface area contributed by atoms with Gasteiger partial charge in [-0.3, -0.25) is 9.59 Å². The Kier molecular flexibility index (Phi) is 4.39. The number of carboxylic acids is 1. The fraction of sp³-hybridized carbons (Fsp3) is 0.429. The second-order valence-corrected chi connectivity index (χ2v) is 4.65. The van der Waals surface area contributed by atoms with E-state index in [9.17, 15) is 9.59 Å². The Morgan fingerprint density at radius 2 is 2.16 bits per heavy atom. The molecule has 0 aliphatic carbocycles. The highest BCUT2D eigenvalue weighted by atomic mass is 16.4. The van der Waals surface area contributed by atoms with Crippen molar-refractivity contribution in [3.8, 4) is 0 Å². The fourth-order valence-electron chi connectivity index (χ4n) is 2.31. The van der Waals surface area contributed by atoms with Gasteiger partial charge in [0.1, 0.15) is 0 Å². The quantitative estimate of drug-likeness (QED) is 0.831. The molecule has 0 spiro atoms. The number of rotatable bonds is 5. The molecule has 1 aromatic carbocycles. The molecule has 2 N–H and O–H groups in total. The molecule has 0 bridgehead atoms. The molecule has 1 saturated heterocycles. The molecule has 1 aliphatic heterocycles. The summed E-state index contributed by atoms with van der Waals surface area (Å²) in [7, 11) is 0. The number of carboxylic acid groups (broad SMARTS) is 1. The largest absolute Gasteiger partial charge is 0.481 e. The van der Waals surface area contributed by atoms with E-state index < -0.39 is 5.97 Å². The van der Waals surface area contributed by atoms with Crippen LogP contribution in [0, 0.1) is 0 Å².